The molecule has 2 rings (SSSR count). The Hall–Kier alpha value is -1.56. The number of hydrogen-bond donors (Lipinski definition) is 1. The molecule has 19 heavy (non-hydrogen) atoms. The average molecular weight is 325 g/mol. The summed E-state index contributed by atoms with van der Waals surface area (Å²) in [6.45, 7) is 4.57. The number of aromatic nitrogens is 3. The lowest BCUT2D eigenvalue weighted by Crippen LogP contribution is -2.25. The molecule has 0 saturated carbocycles. The summed E-state index contributed by atoms with van der Waals surface area (Å²) in [5.74, 6) is -0.0803. The van der Waals surface area contributed by atoms with Crippen LogP contribution < -0.4 is 5.32 Å². The predicted molar refractivity (Wildman–Crippen MR) is 76.9 cm³/mol. The highest BCUT2D eigenvalue weighted by Crippen LogP contribution is 2.19. The van der Waals surface area contributed by atoms with E-state index in [1.165, 1.54) is 0 Å². The number of carbonyl (C=O) groups is 1. The van der Waals surface area contributed by atoms with Crippen molar-refractivity contribution in [2.45, 2.75) is 26.4 Å². The van der Waals surface area contributed by atoms with Crippen LogP contribution in [0.3, 0.4) is 0 Å². The topological polar surface area (TPSA) is 51.9 Å². The van der Waals surface area contributed by atoms with Gasteiger partial charge in [0, 0.05) is 42.1 Å². The highest BCUT2D eigenvalue weighted by molar-refractivity contribution is 9.10. The fourth-order valence-corrected chi connectivity index (χ4v) is 2.33. The summed E-state index contributed by atoms with van der Waals surface area (Å²) in [5.41, 5.74) is 1.64. The summed E-state index contributed by atoms with van der Waals surface area (Å²) in [5, 5.41) is 6.97. The van der Waals surface area contributed by atoms with Crippen LogP contribution in [0, 0.1) is 0 Å². The van der Waals surface area contributed by atoms with E-state index in [0.29, 0.717) is 12.2 Å². The quantitative estimate of drug-likeness (QED) is 0.939. The number of nitrogens with one attached hydrogen (secondary N) is 1. The number of carbonyl (C=O) groups excluding carboxylic acids is 1. The number of nitrogens with zero attached hydrogens (tertiary/aromatic N) is 3. The van der Waals surface area contributed by atoms with Crippen LogP contribution in [0.2, 0.25) is 0 Å². The van der Waals surface area contributed by atoms with Crippen LogP contribution in [0.5, 0.6) is 0 Å². The Morgan fingerprint density at radius 3 is 2.79 bits per heavy atom. The Morgan fingerprint density at radius 1 is 1.47 bits per heavy atom. The van der Waals surface area contributed by atoms with Gasteiger partial charge < -0.3 is 9.88 Å². The van der Waals surface area contributed by atoms with Crippen LogP contribution in [0.1, 0.15) is 35.9 Å². The zero-order valence-electron chi connectivity index (χ0n) is 11.2. The second-order valence-corrected chi connectivity index (χ2v) is 5.67. The van der Waals surface area contributed by atoms with E-state index in [9.17, 15) is 4.79 Å². The number of rotatable bonds is 4. The number of aryl methyl sites for hydroxylation is 1. The van der Waals surface area contributed by atoms with Crippen LogP contribution in [0.4, 0.5) is 0 Å². The standard InChI is InChI=1S/C13H17BrN4O/c1-9(2)18-8-11(14)4-12(18)13(19)15-5-10-6-16-17(3)7-10/h4,6-9H,5H2,1-3H3,(H,15,19). The lowest BCUT2D eigenvalue weighted by Gasteiger charge is -2.12. The normalized spacial score (nSPS) is 11.0. The van der Waals surface area contributed by atoms with Crippen molar-refractivity contribution in [3.63, 3.8) is 0 Å². The van der Waals surface area contributed by atoms with Gasteiger partial charge in [-0.3, -0.25) is 9.48 Å². The molecule has 0 unspecified atom stereocenters. The highest BCUT2D eigenvalue weighted by atomic mass is 79.9. The third-order valence-electron chi connectivity index (χ3n) is 2.82. The molecule has 102 valence electrons. The second kappa shape index (κ2) is 5.61. The van der Waals surface area contributed by atoms with E-state index in [0.717, 1.165) is 10.0 Å². The van der Waals surface area contributed by atoms with Gasteiger partial charge in [-0.1, -0.05) is 0 Å². The molecule has 1 amide bonds. The van der Waals surface area contributed by atoms with Crippen molar-refractivity contribution >= 4 is 21.8 Å². The molecule has 0 aromatic carbocycles. The monoisotopic (exact) mass is 324 g/mol. The van der Waals surface area contributed by atoms with Crippen LogP contribution in [-0.2, 0) is 13.6 Å². The Morgan fingerprint density at radius 2 is 2.21 bits per heavy atom. The average Bonchev–Trinajstić information content (AvgIpc) is 2.92. The van der Waals surface area contributed by atoms with Crippen molar-refractivity contribution in [2.24, 2.45) is 7.05 Å². The van der Waals surface area contributed by atoms with E-state index >= 15 is 0 Å². The maximum atomic E-state index is 12.2. The summed E-state index contributed by atoms with van der Waals surface area (Å²) in [4.78, 5) is 12.2. The number of halogens is 1. The molecule has 0 saturated heterocycles. The molecule has 6 heteroatoms. The molecule has 0 aliphatic carbocycles. The first kappa shape index (κ1) is 13.9. The van der Waals surface area contributed by atoms with Gasteiger partial charge in [0.1, 0.15) is 5.69 Å². The predicted octanol–water partition coefficient (Wildman–Crippen LogP) is 2.50. The summed E-state index contributed by atoms with van der Waals surface area (Å²) in [6, 6.07) is 2.07. The van der Waals surface area contributed by atoms with Crippen LogP contribution in [0.15, 0.2) is 29.1 Å². The lowest BCUT2D eigenvalue weighted by molar-refractivity contribution is 0.0940. The molecule has 2 heterocycles. The van der Waals surface area contributed by atoms with Crippen molar-refractivity contribution < 1.29 is 4.79 Å². The minimum Gasteiger partial charge on any atom is -0.347 e. The van der Waals surface area contributed by atoms with Crippen LogP contribution in [0.25, 0.3) is 0 Å². The Kier molecular flexibility index (Phi) is 4.09. The van der Waals surface area contributed by atoms with E-state index in [-0.39, 0.29) is 11.9 Å². The molecule has 0 aliphatic heterocycles. The molecule has 0 fully saturated rings. The van der Waals surface area contributed by atoms with E-state index < -0.39 is 0 Å². The molecule has 0 spiro atoms. The van der Waals surface area contributed by atoms with E-state index in [4.69, 9.17) is 0 Å². The minimum absolute atomic E-state index is 0.0803. The Balaban J connectivity index is 2.07. The van der Waals surface area contributed by atoms with Crippen molar-refractivity contribution in [3.05, 3.63) is 40.4 Å². The van der Waals surface area contributed by atoms with E-state index in [1.807, 2.05) is 43.9 Å². The fourth-order valence-electron chi connectivity index (χ4n) is 1.89. The van der Waals surface area contributed by atoms with Gasteiger partial charge in [-0.2, -0.15) is 5.10 Å². The Labute approximate surface area is 120 Å². The Bertz CT molecular complexity index is 585. The second-order valence-electron chi connectivity index (χ2n) is 4.75. The van der Waals surface area contributed by atoms with Gasteiger partial charge in [-0.15, -0.1) is 0 Å². The zero-order chi connectivity index (χ0) is 14.0. The van der Waals surface area contributed by atoms with Crippen molar-refractivity contribution in [1.29, 1.82) is 0 Å². The van der Waals surface area contributed by atoms with Crippen molar-refractivity contribution in [2.75, 3.05) is 0 Å². The maximum absolute atomic E-state index is 12.2. The van der Waals surface area contributed by atoms with Crippen molar-refractivity contribution in [3.8, 4) is 0 Å². The molecular formula is C13H17BrN4O. The van der Waals surface area contributed by atoms with Crippen LogP contribution in [-0.4, -0.2) is 20.3 Å². The molecule has 0 atom stereocenters. The molecule has 2 aromatic rings. The SMILES string of the molecule is CC(C)n1cc(Br)cc1C(=O)NCc1cnn(C)c1. The van der Waals surface area contributed by atoms with Gasteiger partial charge in [0.25, 0.3) is 5.91 Å². The lowest BCUT2D eigenvalue weighted by atomic mass is 10.3. The minimum atomic E-state index is -0.0803. The van der Waals surface area contributed by atoms with E-state index in [2.05, 4.69) is 26.3 Å². The summed E-state index contributed by atoms with van der Waals surface area (Å²) in [6.07, 6.45) is 5.55. The molecule has 1 N–H and O–H groups in total. The summed E-state index contributed by atoms with van der Waals surface area (Å²) >= 11 is 3.40. The first-order valence-electron chi connectivity index (χ1n) is 6.10. The summed E-state index contributed by atoms with van der Waals surface area (Å²) < 4.78 is 4.57. The zero-order valence-corrected chi connectivity index (χ0v) is 12.8. The smallest absolute Gasteiger partial charge is 0.268 e. The maximum Gasteiger partial charge on any atom is 0.268 e. The van der Waals surface area contributed by atoms with Gasteiger partial charge in [-0.25, -0.2) is 0 Å². The van der Waals surface area contributed by atoms with E-state index in [1.54, 1.807) is 10.9 Å². The first-order valence-corrected chi connectivity index (χ1v) is 6.89. The molecule has 5 nitrogen and oxygen atoms in total. The number of amides is 1. The molecule has 0 aliphatic rings. The third kappa shape index (κ3) is 3.26. The van der Waals surface area contributed by atoms with Crippen LogP contribution >= 0.6 is 15.9 Å². The van der Waals surface area contributed by atoms with Gasteiger partial charge >= 0.3 is 0 Å². The third-order valence-corrected chi connectivity index (χ3v) is 3.25. The highest BCUT2D eigenvalue weighted by Gasteiger charge is 2.14. The molecular weight excluding hydrogens is 308 g/mol. The molecule has 2 aromatic heterocycles. The molecule has 0 bridgehead atoms. The van der Waals surface area contributed by atoms with Gasteiger partial charge in [0.05, 0.1) is 6.20 Å². The first-order chi connectivity index (χ1) is 8.97. The van der Waals surface area contributed by atoms with Gasteiger partial charge in [-0.05, 0) is 35.8 Å². The molecule has 0 radical (unpaired) electrons. The largest absolute Gasteiger partial charge is 0.347 e. The van der Waals surface area contributed by atoms with Gasteiger partial charge in [0.15, 0.2) is 0 Å². The van der Waals surface area contributed by atoms with Gasteiger partial charge in [0.2, 0.25) is 0 Å². The van der Waals surface area contributed by atoms with Crippen molar-refractivity contribution in [1.82, 2.24) is 19.7 Å². The fraction of sp³-hybridized carbons (Fsp3) is 0.385. The summed E-state index contributed by atoms with van der Waals surface area (Å²) in [7, 11) is 1.85. The number of hydrogen-bond acceptors (Lipinski definition) is 2.